The molecular weight excluding hydrogens is 232 g/mol. The monoisotopic (exact) mass is 254 g/mol. The third-order valence-electron chi connectivity index (χ3n) is 3.17. The Morgan fingerprint density at radius 3 is 2.50 bits per heavy atom. The molecule has 1 amide bonds. The van der Waals surface area contributed by atoms with Crippen LogP contribution in [0.2, 0.25) is 0 Å². The van der Waals surface area contributed by atoms with Crippen LogP contribution in [0.4, 0.5) is 0 Å². The number of allylic oxidation sites excluding steroid dienone is 2. The molecule has 0 saturated carbocycles. The highest BCUT2D eigenvalue weighted by atomic mass is 16.4. The highest BCUT2D eigenvalue weighted by Gasteiger charge is 2.33. The zero-order valence-electron chi connectivity index (χ0n) is 10.8. The van der Waals surface area contributed by atoms with Crippen molar-refractivity contribution in [2.24, 2.45) is 11.8 Å². The number of aliphatic carboxylic acids is 1. The molecule has 0 spiro atoms. The Hall–Kier alpha value is -1.36. The molecule has 0 fully saturated rings. The average molecular weight is 254 g/mol. The number of carbonyl (C=O) groups is 2. The van der Waals surface area contributed by atoms with E-state index in [9.17, 15) is 9.59 Å². The highest BCUT2D eigenvalue weighted by Crippen LogP contribution is 2.25. The number of hydrogen-bond donors (Lipinski definition) is 3. The van der Waals surface area contributed by atoms with E-state index in [0.717, 1.165) is 19.5 Å². The van der Waals surface area contributed by atoms with Crippen LogP contribution in [0.15, 0.2) is 12.2 Å². The fraction of sp³-hybridized carbons (Fsp3) is 0.692. The summed E-state index contributed by atoms with van der Waals surface area (Å²) >= 11 is 0. The number of nitrogens with one attached hydrogen (secondary N) is 2. The summed E-state index contributed by atoms with van der Waals surface area (Å²) in [6.45, 7) is 4.41. The van der Waals surface area contributed by atoms with Gasteiger partial charge in [0.15, 0.2) is 0 Å². The number of hydrogen-bond acceptors (Lipinski definition) is 3. The van der Waals surface area contributed by atoms with Gasteiger partial charge in [0.1, 0.15) is 0 Å². The first-order valence-corrected chi connectivity index (χ1v) is 6.53. The van der Waals surface area contributed by atoms with Gasteiger partial charge < -0.3 is 15.7 Å². The first-order chi connectivity index (χ1) is 8.66. The summed E-state index contributed by atoms with van der Waals surface area (Å²) in [6.07, 6.45) is 5.57. The minimum atomic E-state index is -0.882. The molecule has 3 N–H and O–H groups in total. The summed E-state index contributed by atoms with van der Waals surface area (Å²) in [7, 11) is 0. The molecule has 1 aliphatic carbocycles. The van der Waals surface area contributed by atoms with Crippen molar-refractivity contribution >= 4 is 11.9 Å². The van der Waals surface area contributed by atoms with Gasteiger partial charge in [0.05, 0.1) is 11.8 Å². The maximum atomic E-state index is 11.9. The van der Waals surface area contributed by atoms with E-state index in [1.54, 1.807) is 0 Å². The third kappa shape index (κ3) is 4.49. The molecule has 1 rings (SSSR count). The van der Waals surface area contributed by atoms with E-state index in [4.69, 9.17) is 5.11 Å². The fourth-order valence-electron chi connectivity index (χ4n) is 2.11. The molecule has 5 nitrogen and oxygen atoms in total. The van der Waals surface area contributed by atoms with E-state index in [0.29, 0.717) is 19.4 Å². The SMILES string of the molecule is CCNCCCNC(=O)C1CC=CCC1C(=O)O. The summed E-state index contributed by atoms with van der Waals surface area (Å²) in [5.74, 6) is -2.02. The van der Waals surface area contributed by atoms with Crippen LogP contribution in [0.5, 0.6) is 0 Å². The van der Waals surface area contributed by atoms with Crippen LogP contribution < -0.4 is 10.6 Å². The van der Waals surface area contributed by atoms with Gasteiger partial charge in [0.25, 0.3) is 0 Å². The summed E-state index contributed by atoms with van der Waals surface area (Å²) in [5, 5.41) is 15.1. The van der Waals surface area contributed by atoms with E-state index in [1.807, 2.05) is 19.1 Å². The second-order valence-electron chi connectivity index (χ2n) is 4.49. The maximum absolute atomic E-state index is 11.9. The van der Waals surface area contributed by atoms with Gasteiger partial charge in [-0.05, 0) is 32.4 Å². The second-order valence-corrected chi connectivity index (χ2v) is 4.49. The maximum Gasteiger partial charge on any atom is 0.307 e. The van der Waals surface area contributed by atoms with Crippen molar-refractivity contribution in [1.29, 1.82) is 0 Å². The van der Waals surface area contributed by atoms with Crippen molar-refractivity contribution < 1.29 is 14.7 Å². The average Bonchev–Trinajstić information content (AvgIpc) is 2.38. The van der Waals surface area contributed by atoms with Gasteiger partial charge in [-0.25, -0.2) is 0 Å². The minimum absolute atomic E-state index is 0.136. The largest absolute Gasteiger partial charge is 0.481 e. The van der Waals surface area contributed by atoms with Gasteiger partial charge in [-0.3, -0.25) is 9.59 Å². The number of carboxylic acid groups (broad SMARTS) is 1. The Morgan fingerprint density at radius 2 is 1.89 bits per heavy atom. The van der Waals surface area contributed by atoms with Gasteiger partial charge in [-0.1, -0.05) is 19.1 Å². The first kappa shape index (κ1) is 14.7. The zero-order chi connectivity index (χ0) is 13.4. The van der Waals surface area contributed by atoms with Gasteiger partial charge >= 0.3 is 5.97 Å². The van der Waals surface area contributed by atoms with Crippen LogP contribution in [-0.4, -0.2) is 36.6 Å². The smallest absolute Gasteiger partial charge is 0.307 e. The summed E-state index contributed by atoms with van der Waals surface area (Å²) in [4.78, 5) is 23.0. The van der Waals surface area contributed by atoms with Crippen molar-refractivity contribution in [1.82, 2.24) is 10.6 Å². The highest BCUT2D eigenvalue weighted by molar-refractivity contribution is 5.85. The summed E-state index contributed by atoms with van der Waals surface area (Å²) < 4.78 is 0. The lowest BCUT2D eigenvalue weighted by atomic mass is 9.82. The predicted octanol–water partition coefficient (Wildman–Crippen LogP) is 0.769. The summed E-state index contributed by atoms with van der Waals surface area (Å²) in [6, 6.07) is 0. The van der Waals surface area contributed by atoms with Crippen LogP contribution in [0.25, 0.3) is 0 Å². The molecule has 0 saturated heterocycles. The Balaban J connectivity index is 2.35. The normalized spacial score (nSPS) is 22.7. The zero-order valence-corrected chi connectivity index (χ0v) is 10.8. The molecule has 0 aromatic rings. The van der Waals surface area contributed by atoms with E-state index >= 15 is 0 Å². The molecule has 0 bridgehead atoms. The molecule has 0 aromatic carbocycles. The lowest BCUT2D eigenvalue weighted by Gasteiger charge is -2.24. The molecule has 102 valence electrons. The van der Waals surface area contributed by atoms with Crippen LogP contribution in [0.1, 0.15) is 26.2 Å². The Labute approximate surface area is 108 Å². The van der Waals surface area contributed by atoms with Crippen LogP contribution >= 0.6 is 0 Å². The van der Waals surface area contributed by atoms with Gasteiger partial charge in [-0.2, -0.15) is 0 Å². The Kier molecular flexibility index (Phi) is 6.43. The van der Waals surface area contributed by atoms with Crippen molar-refractivity contribution in [3.63, 3.8) is 0 Å². The lowest BCUT2D eigenvalue weighted by Crippen LogP contribution is -2.39. The molecule has 5 heteroatoms. The van der Waals surface area contributed by atoms with Gasteiger partial charge in [0.2, 0.25) is 5.91 Å². The molecule has 2 unspecified atom stereocenters. The first-order valence-electron chi connectivity index (χ1n) is 6.53. The summed E-state index contributed by atoms with van der Waals surface area (Å²) in [5.41, 5.74) is 0. The standard InChI is InChI=1S/C13H22N2O3/c1-2-14-8-5-9-15-12(16)10-6-3-4-7-11(10)13(17)18/h3-4,10-11,14H,2,5-9H2,1H3,(H,15,16)(H,17,18). The molecule has 0 aromatic heterocycles. The molecule has 0 aliphatic heterocycles. The molecule has 0 heterocycles. The van der Waals surface area contributed by atoms with Crippen molar-refractivity contribution in [3.8, 4) is 0 Å². The second kappa shape index (κ2) is 7.87. The van der Waals surface area contributed by atoms with Crippen molar-refractivity contribution in [2.75, 3.05) is 19.6 Å². The van der Waals surface area contributed by atoms with Crippen LogP contribution in [0, 0.1) is 11.8 Å². The van der Waals surface area contributed by atoms with E-state index in [-0.39, 0.29) is 5.91 Å². The van der Waals surface area contributed by atoms with Gasteiger partial charge in [-0.15, -0.1) is 0 Å². The van der Waals surface area contributed by atoms with Crippen LogP contribution in [0.3, 0.4) is 0 Å². The third-order valence-corrected chi connectivity index (χ3v) is 3.17. The van der Waals surface area contributed by atoms with Crippen molar-refractivity contribution in [3.05, 3.63) is 12.2 Å². The number of amides is 1. The Bertz CT molecular complexity index is 315. The topological polar surface area (TPSA) is 78.4 Å². The molecule has 18 heavy (non-hydrogen) atoms. The predicted molar refractivity (Wildman–Crippen MR) is 69.2 cm³/mol. The quantitative estimate of drug-likeness (QED) is 0.463. The molecule has 0 radical (unpaired) electrons. The van der Waals surface area contributed by atoms with E-state index in [1.165, 1.54) is 0 Å². The molecular formula is C13H22N2O3. The van der Waals surface area contributed by atoms with E-state index in [2.05, 4.69) is 10.6 Å². The molecule has 2 atom stereocenters. The van der Waals surface area contributed by atoms with Gasteiger partial charge in [0, 0.05) is 6.54 Å². The molecule has 1 aliphatic rings. The van der Waals surface area contributed by atoms with Crippen molar-refractivity contribution in [2.45, 2.75) is 26.2 Å². The van der Waals surface area contributed by atoms with E-state index < -0.39 is 17.8 Å². The number of carbonyl (C=O) groups excluding carboxylic acids is 1. The minimum Gasteiger partial charge on any atom is -0.481 e. The van der Waals surface area contributed by atoms with Crippen LogP contribution in [-0.2, 0) is 9.59 Å². The lowest BCUT2D eigenvalue weighted by molar-refractivity contribution is -0.147. The number of carboxylic acids is 1. The number of rotatable bonds is 7. The fourth-order valence-corrected chi connectivity index (χ4v) is 2.11. The Morgan fingerprint density at radius 1 is 1.22 bits per heavy atom.